The third-order valence-corrected chi connectivity index (χ3v) is 2.07. The quantitative estimate of drug-likeness (QED) is 0.434. The van der Waals surface area contributed by atoms with Crippen LogP contribution in [-0.4, -0.2) is 31.5 Å². The highest BCUT2D eigenvalue weighted by Gasteiger charge is 1.87. The van der Waals surface area contributed by atoms with E-state index in [2.05, 4.69) is 22.0 Å². The van der Waals surface area contributed by atoms with Crippen molar-refractivity contribution in [3.8, 4) is 0 Å². The highest BCUT2D eigenvalue weighted by Crippen LogP contribution is 2.21. The molecule has 62 valence electrons. The van der Waals surface area contributed by atoms with Crippen LogP contribution in [0.1, 0.15) is 6.42 Å². The Hall–Kier alpha value is 1.04. The molecule has 3 nitrogen and oxygen atoms in total. The fourth-order valence-electron chi connectivity index (χ4n) is 0.438. The molecule has 0 aliphatic rings. The summed E-state index contributed by atoms with van der Waals surface area (Å²) in [6.45, 7) is 2.52. The van der Waals surface area contributed by atoms with Crippen LogP contribution in [0.3, 0.4) is 0 Å². The van der Waals surface area contributed by atoms with E-state index in [4.69, 9.17) is 14.4 Å². The first-order valence-corrected chi connectivity index (χ1v) is 7.10. The molecular weight excluding hydrogens is 266 g/mol. The molecule has 0 aromatic carbocycles. The molecule has 0 aromatic heterocycles. The van der Waals surface area contributed by atoms with Crippen LogP contribution in [-0.2, 0) is 9.26 Å². The minimum absolute atomic E-state index is 0.106. The van der Waals surface area contributed by atoms with Gasteiger partial charge in [0.05, 0.1) is 26.3 Å². The summed E-state index contributed by atoms with van der Waals surface area (Å²) in [5.74, 6) is 0. The summed E-state index contributed by atoms with van der Waals surface area (Å²) in [7, 11) is 0. The maximum absolute atomic E-state index is 8.31. The first kappa shape index (κ1) is 11.0. The Morgan fingerprint density at radius 1 is 1.30 bits per heavy atom. The molecule has 0 saturated heterocycles. The number of halogens is 1. The third-order valence-electron chi connectivity index (χ3n) is 0.825. The van der Waals surface area contributed by atoms with Gasteiger partial charge < -0.3 is 14.4 Å². The average molecular weight is 278 g/mol. The van der Waals surface area contributed by atoms with Gasteiger partial charge in [0.15, 0.2) is 0 Å². The first-order valence-electron chi connectivity index (χ1n) is 3.08. The number of ether oxygens (including phenoxy) is 1. The zero-order valence-corrected chi connectivity index (χ0v) is 8.83. The highest BCUT2D eigenvalue weighted by molar-refractivity contribution is 14.2. The molecule has 0 saturated carbocycles. The fraction of sp³-hybridized carbons (Fsp3) is 1.00. The molecule has 5 heteroatoms. The molecule has 0 spiro atoms. The van der Waals surface area contributed by atoms with Crippen molar-refractivity contribution >= 4 is 28.5 Å². The van der Waals surface area contributed by atoms with Crippen molar-refractivity contribution in [3.63, 3.8) is 0 Å². The SMILES string of the molecule is OCCOCCCOPI. The standard InChI is InChI=1S/C5H12IO3P/c6-10-9-4-1-3-8-5-2-7/h7,10H,1-5H2. The van der Waals surface area contributed by atoms with E-state index in [-0.39, 0.29) is 6.61 Å². The lowest BCUT2D eigenvalue weighted by Gasteiger charge is -2.00. The van der Waals surface area contributed by atoms with Gasteiger partial charge in [0.25, 0.3) is 0 Å². The van der Waals surface area contributed by atoms with Crippen molar-refractivity contribution in [3.05, 3.63) is 0 Å². The molecule has 0 aliphatic carbocycles. The van der Waals surface area contributed by atoms with Crippen LogP contribution in [0.5, 0.6) is 0 Å². The first-order chi connectivity index (χ1) is 4.91. The van der Waals surface area contributed by atoms with Gasteiger partial charge in [0, 0.05) is 6.61 Å². The zero-order chi connectivity index (χ0) is 7.66. The fourth-order valence-corrected chi connectivity index (χ4v) is 1.32. The Morgan fingerprint density at radius 2 is 2.10 bits per heavy atom. The summed E-state index contributed by atoms with van der Waals surface area (Å²) in [4.78, 5) is 0. The molecule has 1 atom stereocenters. The summed E-state index contributed by atoms with van der Waals surface area (Å²) < 4.78 is 10.1. The molecule has 10 heavy (non-hydrogen) atoms. The Kier molecular flexibility index (Phi) is 11.1. The number of aliphatic hydroxyl groups is 1. The molecule has 0 aromatic rings. The summed E-state index contributed by atoms with van der Waals surface area (Å²) in [6.07, 6.45) is 0.913. The largest absolute Gasteiger partial charge is 0.394 e. The minimum atomic E-state index is 0.106. The van der Waals surface area contributed by atoms with Crippen molar-refractivity contribution in [2.45, 2.75) is 6.42 Å². The van der Waals surface area contributed by atoms with Crippen molar-refractivity contribution < 1.29 is 14.4 Å². The molecule has 0 bridgehead atoms. The summed E-state index contributed by atoms with van der Waals surface area (Å²) in [6, 6.07) is 0. The molecule has 1 unspecified atom stereocenters. The number of rotatable bonds is 7. The molecular formula is C5H12IO3P. The van der Waals surface area contributed by atoms with Gasteiger partial charge in [-0.25, -0.2) is 0 Å². The Labute approximate surface area is 75.8 Å². The van der Waals surface area contributed by atoms with Gasteiger partial charge in [0.2, 0.25) is 0 Å². The van der Waals surface area contributed by atoms with E-state index in [1.54, 1.807) is 0 Å². The van der Waals surface area contributed by atoms with Crippen LogP contribution in [0.4, 0.5) is 0 Å². The number of hydrogen-bond acceptors (Lipinski definition) is 3. The monoisotopic (exact) mass is 278 g/mol. The molecule has 0 aliphatic heterocycles. The van der Waals surface area contributed by atoms with Crippen molar-refractivity contribution in [1.29, 1.82) is 0 Å². The molecule has 0 fully saturated rings. The predicted molar refractivity (Wildman–Crippen MR) is 50.8 cm³/mol. The van der Waals surface area contributed by atoms with Crippen LogP contribution in [0, 0.1) is 0 Å². The predicted octanol–water partition coefficient (Wildman–Crippen LogP) is 1.35. The summed E-state index contributed by atoms with van der Waals surface area (Å²) in [5, 5.41) is 8.31. The molecule has 0 rings (SSSR count). The van der Waals surface area contributed by atoms with Gasteiger partial charge in [-0.3, -0.25) is 0 Å². The minimum Gasteiger partial charge on any atom is -0.394 e. The van der Waals surface area contributed by atoms with E-state index in [0.29, 0.717) is 19.7 Å². The van der Waals surface area contributed by atoms with E-state index < -0.39 is 0 Å². The van der Waals surface area contributed by atoms with Gasteiger partial charge in [-0.1, -0.05) is 0 Å². The van der Waals surface area contributed by atoms with E-state index in [1.807, 2.05) is 0 Å². The van der Waals surface area contributed by atoms with Gasteiger partial charge in [-0.2, -0.15) is 0 Å². The second kappa shape index (κ2) is 10.0. The van der Waals surface area contributed by atoms with Gasteiger partial charge in [-0.05, 0) is 28.5 Å². The maximum Gasteiger partial charge on any atom is 0.0793 e. The zero-order valence-electron chi connectivity index (χ0n) is 5.68. The lowest BCUT2D eigenvalue weighted by atomic mass is 10.5. The molecule has 0 amide bonds. The van der Waals surface area contributed by atoms with Gasteiger partial charge in [0.1, 0.15) is 0 Å². The van der Waals surface area contributed by atoms with E-state index in [0.717, 1.165) is 13.0 Å². The summed E-state index contributed by atoms with van der Waals surface area (Å²) >= 11 is 2.18. The van der Waals surface area contributed by atoms with Crippen LogP contribution in [0.15, 0.2) is 0 Å². The van der Waals surface area contributed by atoms with Crippen LogP contribution in [0.2, 0.25) is 0 Å². The lowest BCUT2D eigenvalue weighted by Crippen LogP contribution is -2.02. The van der Waals surface area contributed by atoms with Gasteiger partial charge >= 0.3 is 0 Å². The van der Waals surface area contributed by atoms with Crippen LogP contribution in [0.25, 0.3) is 0 Å². The topological polar surface area (TPSA) is 38.7 Å². The Morgan fingerprint density at radius 3 is 2.70 bits per heavy atom. The van der Waals surface area contributed by atoms with E-state index in [1.165, 1.54) is 0 Å². The second-order valence-electron chi connectivity index (χ2n) is 1.62. The van der Waals surface area contributed by atoms with Crippen LogP contribution < -0.4 is 0 Å². The molecule has 0 radical (unpaired) electrons. The third kappa shape index (κ3) is 9.04. The van der Waals surface area contributed by atoms with Crippen molar-refractivity contribution in [2.75, 3.05) is 26.4 Å². The summed E-state index contributed by atoms with van der Waals surface area (Å²) in [5.41, 5.74) is 0. The number of hydrogen-bond donors (Lipinski definition) is 1. The normalized spacial score (nSPS) is 11.4. The Bertz CT molecular complexity index is 56.9. The molecule has 1 N–H and O–H groups in total. The van der Waals surface area contributed by atoms with Crippen molar-refractivity contribution in [1.82, 2.24) is 0 Å². The van der Waals surface area contributed by atoms with E-state index >= 15 is 0 Å². The highest BCUT2D eigenvalue weighted by atomic mass is 127. The Balaban J connectivity index is 2.65. The number of aliphatic hydroxyl groups excluding tert-OH is 1. The van der Waals surface area contributed by atoms with E-state index in [9.17, 15) is 0 Å². The van der Waals surface area contributed by atoms with Crippen LogP contribution >= 0.6 is 28.5 Å². The smallest absolute Gasteiger partial charge is 0.0793 e. The lowest BCUT2D eigenvalue weighted by molar-refractivity contribution is 0.0849. The maximum atomic E-state index is 8.31. The van der Waals surface area contributed by atoms with Gasteiger partial charge in [-0.15, -0.1) is 0 Å². The average Bonchev–Trinajstić information content (AvgIpc) is 1.97. The second-order valence-corrected chi connectivity index (χ2v) is 3.38. The van der Waals surface area contributed by atoms with Crippen molar-refractivity contribution in [2.24, 2.45) is 0 Å². The molecule has 0 heterocycles.